The van der Waals surface area contributed by atoms with Crippen molar-refractivity contribution in [3.05, 3.63) is 0 Å². The molecule has 5 nitrogen and oxygen atoms in total. The first-order chi connectivity index (χ1) is 10.0. The molecule has 0 spiro atoms. The minimum Gasteiger partial charge on any atom is -0.366 e. The second kappa shape index (κ2) is 10.7. The van der Waals surface area contributed by atoms with Crippen molar-refractivity contribution in [1.29, 1.82) is 0 Å². The van der Waals surface area contributed by atoms with Crippen LogP contribution in [0.1, 0.15) is 40.5 Å². The number of ether oxygens (including phenoxy) is 1. The van der Waals surface area contributed by atoms with Crippen molar-refractivity contribution < 1.29 is 9.53 Å². The van der Waals surface area contributed by atoms with Crippen LogP contribution in [-0.4, -0.2) is 72.7 Å². The molecule has 2 aliphatic rings. The summed E-state index contributed by atoms with van der Waals surface area (Å²) in [5, 5.41) is 3.40. The molecule has 0 aromatic carbocycles. The first kappa shape index (κ1) is 22.9. The fraction of sp³-hybridized carbons (Fsp3) is 0.938. The van der Waals surface area contributed by atoms with Gasteiger partial charge >= 0.3 is 0 Å². The molecule has 1 N–H and O–H groups in total. The van der Waals surface area contributed by atoms with E-state index in [1.54, 1.807) is 0 Å². The first-order valence-corrected chi connectivity index (χ1v) is 8.39. The van der Waals surface area contributed by atoms with Crippen molar-refractivity contribution in [1.82, 2.24) is 15.1 Å². The number of nitrogens with zero attached hydrogens (tertiary/aromatic N) is 2. The molecule has 2 fully saturated rings. The van der Waals surface area contributed by atoms with Gasteiger partial charge in [-0.1, -0.05) is 0 Å². The van der Waals surface area contributed by atoms with E-state index in [1.807, 2.05) is 4.90 Å². The molecule has 1 atom stereocenters. The highest BCUT2D eigenvalue weighted by atomic mass is 35.5. The van der Waals surface area contributed by atoms with Crippen LogP contribution in [-0.2, 0) is 9.53 Å². The van der Waals surface area contributed by atoms with Gasteiger partial charge in [0.25, 0.3) is 5.91 Å². The highest BCUT2D eigenvalue weighted by Crippen LogP contribution is 2.18. The van der Waals surface area contributed by atoms with E-state index in [0.717, 1.165) is 26.2 Å². The quantitative estimate of drug-likeness (QED) is 0.822. The van der Waals surface area contributed by atoms with E-state index in [1.165, 1.54) is 12.8 Å². The van der Waals surface area contributed by atoms with Gasteiger partial charge in [0.15, 0.2) is 0 Å². The Balaban J connectivity index is 0.00000242. The number of amides is 1. The molecule has 0 aliphatic carbocycles. The zero-order valence-electron chi connectivity index (χ0n) is 14.8. The van der Waals surface area contributed by atoms with Gasteiger partial charge in [-0.25, -0.2) is 0 Å². The molecular weight excluding hydrogens is 337 g/mol. The van der Waals surface area contributed by atoms with E-state index in [9.17, 15) is 4.79 Å². The molecule has 2 saturated heterocycles. The monoisotopic (exact) mass is 369 g/mol. The largest absolute Gasteiger partial charge is 0.366 e. The Kier molecular flexibility index (Phi) is 10.7. The Bertz CT molecular complexity index is 342. The minimum atomic E-state index is -0.293. The lowest BCUT2D eigenvalue weighted by Gasteiger charge is -2.42. The number of nitrogens with one attached hydrogen (secondary N) is 1. The smallest absolute Gasteiger partial charge is 0.253 e. The van der Waals surface area contributed by atoms with Gasteiger partial charge in [0, 0.05) is 31.2 Å². The van der Waals surface area contributed by atoms with Gasteiger partial charge in [0.05, 0.1) is 6.61 Å². The van der Waals surface area contributed by atoms with Crippen LogP contribution in [0.15, 0.2) is 0 Å². The zero-order valence-corrected chi connectivity index (χ0v) is 16.4. The summed E-state index contributed by atoms with van der Waals surface area (Å²) in [6.45, 7) is 12.9. The molecule has 7 heteroatoms. The predicted molar refractivity (Wildman–Crippen MR) is 98.8 cm³/mol. The molecule has 2 heterocycles. The number of carbonyl (C=O) groups excluding carboxylic acids is 1. The van der Waals surface area contributed by atoms with Crippen molar-refractivity contribution >= 4 is 30.7 Å². The van der Waals surface area contributed by atoms with Crippen molar-refractivity contribution in [3.8, 4) is 0 Å². The number of hydrogen-bond acceptors (Lipinski definition) is 4. The van der Waals surface area contributed by atoms with E-state index in [0.29, 0.717) is 12.6 Å². The summed E-state index contributed by atoms with van der Waals surface area (Å²) in [4.78, 5) is 17.2. The van der Waals surface area contributed by atoms with E-state index >= 15 is 0 Å². The van der Waals surface area contributed by atoms with Crippen LogP contribution >= 0.6 is 24.8 Å². The third kappa shape index (κ3) is 6.05. The number of hydrogen-bond donors (Lipinski definition) is 1. The van der Waals surface area contributed by atoms with Crippen LogP contribution in [0.4, 0.5) is 0 Å². The van der Waals surface area contributed by atoms with E-state index < -0.39 is 0 Å². The van der Waals surface area contributed by atoms with Gasteiger partial charge in [-0.05, 0) is 53.6 Å². The highest BCUT2D eigenvalue weighted by Gasteiger charge is 2.34. The molecule has 2 aliphatic heterocycles. The lowest BCUT2D eigenvalue weighted by Crippen LogP contribution is -2.57. The summed E-state index contributed by atoms with van der Waals surface area (Å²) in [5.74, 6) is 0.152. The molecule has 0 aromatic heterocycles. The molecule has 0 aromatic rings. The first-order valence-electron chi connectivity index (χ1n) is 8.39. The average molecular weight is 370 g/mol. The number of carbonyl (C=O) groups is 1. The minimum absolute atomic E-state index is 0. The average Bonchev–Trinajstić information content (AvgIpc) is 2.47. The SMILES string of the molecule is CC(C)N(C(=O)C1CN(C2CCNCC2)CCO1)C(C)C.Cl.Cl. The van der Waals surface area contributed by atoms with Gasteiger partial charge in [0.1, 0.15) is 6.10 Å². The normalized spacial score (nSPS) is 23.3. The topological polar surface area (TPSA) is 44.8 Å². The van der Waals surface area contributed by atoms with Crippen LogP contribution in [0.3, 0.4) is 0 Å². The van der Waals surface area contributed by atoms with Crippen LogP contribution in [0.25, 0.3) is 0 Å². The summed E-state index contributed by atoms with van der Waals surface area (Å²) in [7, 11) is 0. The fourth-order valence-electron chi connectivity index (χ4n) is 3.59. The Labute approximate surface area is 153 Å². The summed E-state index contributed by atoms with van der Waals surface area (Å²) < 4.78 is 5.79. The van der Waals surface area contributed by atoms with E-state index in [-0.39, 0.29) is 48.9 Å². The number of halogens is 2. The molecule has 0 saturated carbocycles. The standard InChI is InChI=1S/C16H31N3O2.2ClH/c1-12(2)19(13(3)4)16(20)15-11-18(9-10-21-15)14-5-7-17-8-6-14;;/h12-15,17H,5-11H2,1-4H3;2*1H. The highest BCUT2D eigenvalue weighted by molar-refractivity contribution is 5.85. The zero-order chi connectivity index (χ0) is 15.4. The summed E-state index contributed by atoms with van der Waals surface area (Å²) in [6.07, 6.45) is 2.07. The third-order valence-corrected chi connectivity index (χ3v) is 4.57. The van der Waals surface area contributed by atoms with Crippen molar-refractivity contribution in [3.63, 3.8) is 0 Å². The van der Waals surface area contributed by atoms with Crippen molar-refractivity contribution in [2.45, 2.75) is 64.8 Å². The Hall–Kier alpha value is -0.0700. The maximum Gasteiger partial charge on any atom is 0.253 e. The maximum atomic E-state index is 12.8. The molecular formula is C16H33Cl2N3O2. The van der Waals surface area contributed by atoms with E-state index in [4.69, 9.17) is 4.74 Å². The third-order valence-electron chi connectivity index (χ3n) is 4.57. The summed E-state index contributed by atoms with van der Waals surface area (Å²) >= 11 is 0. The molecule has 138 valence electrons. The summed E-state index contributed by atoms with van der Waals surface area (Å²) in [5.41, 5.74) is 0. The van der Waals surface area contributed by atoms with Crippen LogP contribution in [0.2, 0.25) is 0 Å². The van der Waals surface area contributed by atoms with Gasteiger partial charge in [-0.3, -0.25) is 9.69 Å². The Morgan fingerprint density at radius 1 is 1.13 bits per heavy atom. The van der Waals surface area contributed by atoms with Gasteiger partial charge < -0.3 is 15.0 Å². The van der Waals surface area contributed by atoms with Crippen LogP contribution in [0.5, 0.6) is 0 Å². The lowest BCUT2D eigenvalue weighted by atomic mass is 10.0. The van der Waals surface area contributed by atoms with E-state index in [2.05, 4.69) is 37.9 Å². The second-order valence-electron chi connectivity index (χ2n) is 6.77. The number of morpholine rings is 1. The van der Waals surface area contributed by atoms with Crippen LogP contribution in [0, 0.1) is 0 Å². The van der Waals surface area contributed by atoms with Gasteiger partial charge in [-0.15, -0.1) is 24.8 Å². The number of rotatable bonds is 4. The molecule has 1 amide bonds. The molecule has 2 rings (SSSR count). The predicted octanol–water partition coefficient (Wildman–Crippen LogP) is 1.93. The molecule has 1 unspecified atom stereocenters. The Morgan fingerprint density at radius 3 is 2.22 bits per heavy atom. The van der Waals surface area contributed by atoms with Crippen LogP contribution < -0.4 is 5.32 Å². The fourth-order valence-corrected chi connectivity index (χ4v) is 3.59. The molecule has 0 radical (unpaired) electrons. The lowest BCUT2D eigenvalue weighted by molar-refractivity contribution is -0.154. The Morgan fingerprint density at radius 2 is 1.70 bits per heavy atom. The molecule has 0 bridgehead atoms. The molecule has 23 heavy (non-hydrogen) atoms. The summed E-state index contributed by atoms with van der Waals surface area (Å²) in [6, 6.07) is 1.04. The maximum absolute atomic E-state index is 12.8. The van der Waals surface area contributed by atoms with Gasteiger partial charge in [-0.2, -0.15) is 0 Å². The van der Waals surface area contributed by atoms with Gasteiger partial charge in [0.2, 0.25) is 0 Å². The number of piperidine rings is 1. The van der Waals surface area contributed by atoms with Crippen molar-refractivity contribution in [2.75, 3.05) is 32.8 Å². The van der Waals surface area contributed by atoms with Crippen molar-refractivity contribution in [2.24, 2.45) is 0 Å². The second-order valence-corrected chi connectivity index (χ2v) is 6.77.